The summed E-state index contributed by atoms with van der Waals surface area (Å²) >= 11 is 11.4. The first-order chi connectivity index (χ1) is 5.07. The highest BCUT2D eigenvalue weighted by Gasteiger charge is 1.89. The lowest BCUT2D eigenvalue weighted by Crippen LogP contribution is -1.69. The van der Waals surface area contributed by atoms with E-state index in [9.17, 15) is 0 Å². The number of hydrogen-bond donors (Lipinski definition) is 0. The Morgan fingerprint density at radius 1 is 1.09 bits per heavy atom. The molecule has 0 N–H and O–H groups in total. The lowest BCUT2D eigenvalue weighted by molar-refractivity contribution is 1.47. The molecule has 0 bridgehead atoms. The summed E-state index contributed by atoms with van der Waals surface area (Å²) in [4.78, 5) is 0. The first kappa shape index (κ1) is 10.8. The Morgan fingerprint density at radius 2 is 1.64 bits per heavy atom. The summed E-state index contributed by atoms with van der Waals surface area (Å²) in [5.74, 6) is 0. The zero-order valence-electron chi connectivity index (χ0n) is 6.99. The fourth-order valence-corrected chi connectivity index (χ4v) is 0.542. The predicted molar refractivity (Wildman–Crippen MR) is 53.0 cm³/mol. The Morgan fingerprint density at radius 3 is 2.00 bits per heavy atom. The van der Waals surface area contributed by atoms with Crippen LogP contribution in [0.4, 0.5) is 0 Å². The minimum absolute atomic E-state index is 0.591. The maximum absolute atomic E-state index is 5.75. The molecule has 0 atom stereocenters. The summed E-state index contributed by atoms with van der Waals surface area (Å²) in [5, 5.41) is 1.21. The van der Waals surface area contributed by atoms with Gasteiger partial charge in [-0.2, -0.15) is 0 Å². The van der Waals surface area contributed by atoms with Crippen LogP contribution in [0.15, 0.2) is 33.9 Å². The van der Waals surface area contributed by atoms with E-state index in [0.717, 1.165) is 0 Å². The van der Waals surface area contributed by atoms with Crippen molar-refractivity contribution in [2.75, 3.05) is 0 Å². The van der Waals surface area contributed by atoms with E-state index in [-0.39, 0.29) is 0 Å². The fraction of sp³-hybridized carbons (Fsp3) is 0.333. The molecule has 0 unspecified atom stereocenters. The summed E-state index contributed by atoms with van der Waals surface area (Å²) in [6.07, 6.45) is 5.72. The highest BCUT2D eigenvalue weighted by Crippen LogP contribution is 2.14. The molecule has 11 heavy (non-hydrogen) atoms. The van der Waals surface area contributed by atoms with Crippen molar-refractivity contribution < 1.29 is 0 Å². The van der Waals surface area contributed by atoms with Gasteiger partial charge in [-0.15, -0.1) is 0 Å². The van der Waals surface area contributed by atoms with Gasteiger partial charge in [-0.1, -0.05) is 40.9 Å². The van der Waals surface area contributed by atoms with Crippen molar-refractivity contribution in [1.82, 2.24) is 0 Å². The summed E-state index contributed by atoms with van der Waals surface area (Å²) in [6, 6.07) is 0. The van der Waals surface area contributed by atoms with Crippen LogP contribution in [0.2, 0.25) is 0 Å². The molecule has 0 radical (unpaired) electrons. The van der Waals surface area contributed by atoms with Gasteiger partial charge in [0.25, 0.3) is 0 Å². The molecule has 0 saturated carbocycles. The van der Waals surface area contributed by atoms with Crippen molar-refractivity contribution in [3.8, 4) is 0 Å². The van der Waals surface area contributed by atoms with Crippen molar-refractivity contribution >= 4 is 23.2 Å². The Kier molecular flexibility index (Phi) is 5.35. The second-order valence-electron chi connectivity index (χ2n) is 2.25. The maximum Gasteiger partial charge on any atom is 0.0548 e. The molecule has 0 aromatic heterocycles. The van der Waals surface area contributed by atoms with Crippen LogP contribution in [0, 0.1) is 0 Å². The molecule has 62 valence electrons. The zero-order valence-corrected chi connectivity index (χ0v) is 8.50. The van der Waals surface area contributed by atoms with Crippen LogP contribution in [0.25, 0.3) is 0 Å². The van der Waals surface area contributed by atoms with Crippen molar-refractivity contribution in [3.05, 3.63) is 33.9 Å². The largest absolute Gasteiger partial charge is 0.0878 e. The van der Waals surface area contributed by atoms with Gasteiger partial charge in [0.1, 0.15) is 0 Å². The van der Waals surface area contributed by atoms with E-state index in [0.29, 0.717) is 10.1 Å². The molecule has 0 aliphatic carbocycles. The second-order valence-corrected chi connectivity index (χ2v) is 3.22. The van der Waals surface area contributed by atoms with Gasteiger partial charge in [0.05, 0.1) is 5.03 Å². The Balaban J connectivity index is 4.27. The maximum atomic E-state index is 5.75. The summed E-state index contributed by atoms with van der Waals surface area (Å²) in [7, 11) is 0. The average Bonchev–Trinajstić information content (AvgIpc) is 1.99. The number of allylic oxidation sites excluding steroid dienone is 6. The molecule has 0 aromatic rings. The average molecular weight is 191 g/mol. The molecule has 0 aromatic carbocycles. The van der Waals surface area contributed by atoms with Crippen LogP contribution < -0.4 is 0 Å². The van der Waals surface area contributed by atoms with Gasteiger partial charge in [0.2, 0.25) is 0 Å². The molecule has 2 heteroatoms. The van der Waals surface area contributed by atoms with E-state index in [4.69, 9.17) is 23.2 Å². The molecular weight excluding hydrogens is 179 g/mol. The van der Waals surface area contributed by atoms with Crippen LogP contribution in [-0.4, -0.2) is 0 Å². The van der Waals surface area contributed by atoms with Gasteiger partial charge in [-0.05, 0) is 26.8 Å². The Labute approximate surface area is 78.2 Å². The summed E-state index contributed by atoms with van der Waals surface area (Å²) < 4.78 is 0. The van der Waals surface area contributed by atoms with Gasteiger partial charge < -0.3 is 0 Å². The Bertz CT molecular complexity index is 206. The monoisotopic (exact) mass is 190 g/mol. The van der Waals surface area contributed by atoms with Crippen LogP contribution in [0.1, 0.15) is 20.8 Å². The lowest BCUT2D eigenvalue weighted by Gasteiger charge is -1.90. The van der Waals surface area contributed by atoms with Crippen LogP contribution in [-0.2, 0) is 0 Å². The molecule has 0 fully saturated rings. The predicted octanol–water partition coefficient (Wildman–Crippen LogP) is 4.22. The molecular formula is C9H12Cl2. The van der Waals surface area contributed by atoms with Gasteiger partial charge >= 0.3 is 0 Å². The summed E-state index contributed by atoms with van der Waals surface area (Å²) in [6.45, 7) is 5.74. The van der Waals surface area contributed by atoms with E-state index < -0.39 is 0 Å². The number of rotatable bonds is 2. The minimum atomic E-state index is 0.591. The van der Waals surface area contributed by atoms with Crippen molar-refractivity contribution in [2.45, 2.75) is 20.8 Å². The standard InChI is InChI=1S/C9H12Cl2/c1-4-7(2)5-6-9(11)8(3)10/h4-6H,1-3H3/b6-5-,7-4-,9-8-. The van der Waals surface area contributed by atoms with Gasteiger partial charge in [-0.3, -0.25) is 0 Å². The van der Waals surface area contributed by atoms with Gasteiger partial charge in [0, 0.05) is 5.03 Å². The molecule has 0 rings (SSSR count). The fourth-order valence-electron chi connectivity index (χ4n) is 0.416. The number of halogens is 2. The highest BCUT2D eigenvalue weighted by atomic mass is 35.5. The molecule has 0 nitrogen and oxygen atoms in total. The van der Waals surface area contributed by atoms with Gasteiger partial charge in [0.15, 0.2) is 0 Å². The quantitative estimate of drug-likeness (QED) is 0.573. The van der Waals surface area contributed by atoms with Crippen LogP contribution in [0.3, 0.4) is 0 Å². The summed E-state index contributed by atoms with van der Waals surface area (Å²) in [5.41, 5.74) is 1.17. The normalized spacial score (nSPS) is 15.5. The first-order valence-electron chi connectivity index (χ1n) is 3.40. The first-order valence-corrected chi connectivity index (χ1v) is 4.16. The third-order valence-corrected chi connectivity index (χ3v) is 1.99. The van der Waals surface area contributed by atoms with E-state index >= 15 is 0 Å². The minimum Gasteiger partial charge on any atom is -0.0878 e. The number of hydrogen-bond acceptors (Lipinski definition) is 0. The van der Waals surface area contributed by atoms with Crippen molar-refractivity contribution in [3.63, 3.8) is 0 Å². The van der Waals surface area contributed by atoms with E-state index in [1.54, 1.807) is 13.0 Å². The third-order valence-electron chi connectivity index (χ3n) is 1.28. The van der Waals surface area contributed by atoms with E-state index in [2.05, 4.69) is 0 Å². The topological polar surface area (TPSA) is 0 Å². The second kappa shape index (κ2) is 5.45. The van der Waals surface area contributed by atoms with Crippen LogP contribution in [0.5, 0.6) is 0 Å². The molecule has 0 saturated heterocycles. The molecule has 0 heterocycles. The molecule has 0 amide bonds. The highest BCUT2D eigenvalue weighted by molar-refractivity contribution is 6.39. The van der Waals surface area contributed by atoms with Gasteiger partial charge in [-0.25, -0.2) is 0 Å². The van der Waals surface area contributed by atoms with Crippen molar-refractivity contribution in [1.29, 1.82) is 0 Å². The molecule has 0 aliphatic heterocycles. The molecule has 0 aliphatic rings. The lowest BCUT2D eigenvalue weighted by atomic mass is 10.2. The van der Waals surface area contributed by atoms with E-state index in [1.165, 1.54) is 5.57 Å². The smallest absolute Gasteiger partial charge is 0.0548 e. The van der Waals surface area contributed by atoms with E-state index in [1.807, 2.05) is 26.0 Å². The SMILES string of the molecule is C\C=C(C)/C=C\C(Cl)=C(/C)Cl. The third kappa shape index (κ3) is 5.11. The van der Waals surface area contributed by atoms with Crippen LogP contribution >= 0.6 is 23.2 Å². The molecule has 0 spiro atoms. The zero-order chi connectivity index (χ0) is 8.85. The Hall–Kier alpha value is -0.200. The van der Waals surface area contributed by atoms with Crippen molar-refractivity contribution in [2.24, 2.45) is 0 Å².